The summed E-state index contributed by atoms with van der Waals surface area (Å²) in [4.78, 5) is 16.1. The number of carbonyl (C=O) groups excluding carboxylic acids is 1. The Morgan fingerprint density at radius 3 is 2.63 bits per heavy atom. The van der Waals surface area contributed by atoms with Crippen LogP contribution in [0, 0.1) is 5.41 Å². The van der Waals surface area contributed by atoms with Crippen LogP contribution in [0.4, 0.5) is 18.9 Å². The third-order valence-corrected chi connectivity index (χ3v) is 3.49. The van der Waals surface area contributed by atoms with Gasteiger partial charge in [0, 0.05) is 18.6 Å². The first-order chi connectivity index (χ1) is 12.5. The Morgan fingerprint density at radius 2 is 2.07 bits per heavy atom. The first-order valence-corrected chi connectivity index (χ1v) is 8.21. The monoisotopic (exact) mass is 407 g/mol. The van der Waals surface area contributed by atoms with Gasteiger partial charge in [0.25, 0.3) is 12.3 Å². The minimum atomic E-state index is -2.57. The summed E-state index contributed by atoms with van der Waals surface area (Å²) in [7, 11) is 0. The van der Waals surface area contributed by atoms with Gasteiger partial charge in [-0.1, -0.05) is 11.6 Å². The molecule has 150 valence electrons. The molecule has 1 amide bonds. The van der Waals surface area contributed by atoms with E-state index in [0.717, 1.165) is 18.6 Å². The zero-order valence-electron chi connectivity index (χ0n) is 14.7. The van der Waals surface area contributed by atoms with Gasteiger partial charge in [0.1, 0.15) is 11.3 Å². The summed E-state index contributed by atoms with van der Waals surface area (Å²) in [5, 5.41) is 24.3. The molecule has 1 heterocycles. The number of carbonyl (C=O) groups is 1. The highest BCUT2D eigenvalue weighted by Gasteiger charge is 2.27. The fourth-order valence-corrected chi connectivity index (χ4v) is 1.93. The van der Waals surface area contributed by atoms with Gasteiger partial charge in [0.05, 0.1) is 35.6 Å². The normalized spacial score (nSPS) is 13.3. The Labute approximate surface area is 159 Å². The van der Waals surface area contributed by atoms with Crippen LogP contribution in [0.15, 0.2) is 24.2 Å². The van der Waals surface area contributed by atoms with Crippen LogP contribution in [-0.4, -0.2) is 53.5 Å². The van der Waals surface area contributed by atoms with E-state index in [1.165, 1.54) is 19.9 Å². The third-order valence-electron chi connectivity index (χ3n) is 3.29. The Morgan fingerprint density at radius 1 is 1.41 bits per heavy atom. The number of amides is 1. The molecule has 7 nitrogen and oxygen atoms in total. The van der Waals surface area contributed by atoms with Gasteiger partial charge in [-0.05, 0) is 19.9 Å². The van der Waals surface area contributed by atoms with E-state index in [4.69, 9.17) is 17.0 Å². The van der Waals surface area contributed by atoms with Crippen LogP contribution in [-0.2, 0) is 0 Å². The van der Waals surface area contributed by atoms with Crippen molar-refractivity contribution < 1.29 is 23.1 Å². The molecule has 1 rings (SSSR count). The number of rotatable bonds is 10. The molecule has 1 aromatic heterocycles. The Bertz CT molecular complexity index is 695. The molecule has 5 N–H and O–H groups in total. The lowest BCUT2D eigenvalue weighted by atomic mass is 10.0. The van der Waals surface area contributed by atoms with Crippen molar-refractivity contribution in [1.82, 2.24) is 15.6 Å². The van der Waals surface area contributed by atoms with Crippen LogP contribution in [0.3, 0.4) is 0 Å². The Kier molecular flexibility index (Phi) is 8.51. The topological polar surface area (TPSA) is 110 Å². The highest BCUT2D eigenvalue weighted by molar-refractivity contribution is 6.29. The van der Waals surface area contributed by atoms with E-state index in [-0.39, 0.29) is 22.1 Å². The van der Waals surface area contributed by atoms with Gasteiger partial charge in [0.15, 0.2) is 0 Å². The molecule has 0 fully saturated rings. The number of hydrogen-bond donors (Lipinski definition) is 5. The van der Waals surface area contributed by atoms with Crippen molar-refractivity contribution >= 4 is 29.4 Å². The first-order valence-electron chi connectivity index (χ1n) is 7.84. The van der Waals surface area contributed by atoms with Gasteiger partial charge >= 0.3 is 0 Å². The number of anilines is 1. The second-order valence-corrected chi connectivity index (χ2v) is 6.44. The molecule has 1 unspecified atom stereocenters. The van der Waals surface area contributed by atoms with E-state index in [1.54, 1.807) is 0 Å². The summed E-state index contributed by atoms with van der Waals surface area (Å²) in [6.07, 6.45) is -1.14. The summed E-state index contributed by atoms with van der Waals surface area (Å²) in [5.41, 5.74) is -1.42. The van der Waals surface area contributed by atoms with Crippen molar-refractivity contribution in [3.63, 3.8) is 0 Å². The first kappa shape index (κ1) is 22.7. The lowest BCUT2D eigenvalue weighted by Gasteiger charge is -2.22. The average molecular weight is 408 g/mol. The Hall–Kier alpha value is -2.33. The molecular formula is C16H21ClF3N5O2. The number of allylic oxidation sites excluding steroid dienone is 1. The highest BCUT2D eigenvalue weighted by atomic mass is 35.5. The van der Waals surface area contributed by atoms with Crippen molar-refractivity contribution in [1.29, 1.82) is 5.41 Å². The molecule has 0 saturated carbocycles. The van der Waals surface area contributed by atoms with Crippen molar-refractivity contribution in [2.45, 2.75) is 32.0 Å². The molecular weight excluding hydrogens is 387 g/mol. The SMILES string of the molecule is CC(C)(O)C(F)CNC(=O)c1cnc(Cl)cc1N/C(C=N)=C/NCC(F)F. The van der Waals surface area contributed by atoms with E-state index < -0.39 is 37.2 Å². The van der Waals surface area contributed by atoms with Crippen LogP contribution in [0.1, 0.15) is 24.2 Å². The minimum absolute atomic E-state index is 0.0102. The van der Waals surface area contributed by atoms with Gasteiger partial charge in [-0.25, -0.2) is 18.2 Å². The number of aromatic nitrogens is 1. The minimum Gasteiger partial charge on any atom is -0.387 e. The molecule has 0 saturated heterocycles. The zero-order chi connectivity index (χ0) is 20.6. The molecule has 0 aliphatic heterocycles. The van der Waals surface area contributed by atoms with Crippen LogP contribution in [0.2, 0.25) is 5.15 Å². The van der Waals surface area contributed by atoms with E-state index in [0.29, 0.717) is 0 Å². The molecule has 0 aromatic carbocycles. The number of nitrogens with one attached hydrogen (secondary N) is 4. The predicted molar refractivity (Wildman–Crippen MR) is 97.3 cm³/mol. The zero-order valence-corrected chi connectivity index (χ0v) is 15.4. The summed E-state index contributed by atoms with van der Waals surface area (Å²) in [6, 6.07) is 1.30. The lowest BCUT2D eigenvalue weighted by molar-refractivity contribution is -0.00177. The number of nitrogens with zero attached hydrogens (tertiary/aromatic N) is 1. The van der Waals surface area contributed by atoms with Crippen molar-refractivity contribution in [2.24, 2.45) is 0 Å². The van der Waals surface area contributed by atoms with Gasteiger partial charge in [-0.15, -0.1) is 0 Å². The summed E-state index contributed by atoms with van der Waals surface area (Å²) in [5.74, 6) is -0.696. The fraction of sp³-hybridized carbons (Fsp3) is 0.438. The smallest absolute Gasteiger partial charge is 0.255 e. The largest absolute Gasteiger partial charge is 0.387 e. The quantitative estimate of drug-likeness (QED) is 0.302. The van der Waals surface area contributed by atoms with Gasteiger partial charge in [-0.2, -0.15) is 0 Å². The fourth-order valence-electron chi connectivity index (χ4n) is 1.77. The van der Waals surface area contributed by atoms with Crippen LogP contribution in [0.5, 0.6) is 0 Å². The average Bonchev–Trinajstić information content (AvgIpc) is 2.57. The molecule has 0 spiro atoms. The van der Waals surface area contributed by atoms with Crippen LogP contribution < -0.4 is 16.0 Å². The maximum atomic E-state index is 13.8. The molecule has 27 heavy (non-hydrogen) atoms. The molecule has 11 heteroatoms. The second kappa shape index (κ2) is 10.1. The molecule has 1 aromatic rings. The lowest BCUT2D eigenvalue weighted by Crippen LogP contribution is -2.42. The summed E-state index contributed by atoms with van der Waals surface area (Å²) in [6.45, 7) is 1.49. The van der Waals surface area contributed by atoms with Crippen LogP contribution in [0.25, 0.3) is 0 Å². The number of alkyl halides is 3. The van der Waals surface area contributed by atoms with Crippen LogP contribution >= 0.6 is 11.6 Å². The number of pyridine rings is 1. The summed E-state index contributed by atoms with van der Waals surface area (Å²) < 4.78 is 38.1. The second-order valence-electron chi connectivity index (χ2n) is 6.05. The van der Waals surface area contributed by atoms with E-state index in [9.17, 15) is 23.1 Å². The van der Waals surface area contributed by atoms with E-state index in [1.807, 2.05) is 0 Å². The summed E-state index contributed by atoms with van der Waals surface area (Å²) >= 11 is 5.81. The van der Waals surface area contributed by atoms with Gasteiger partial charge < -0.3 is 26.5 Å². The van der Waals surface area contributed by atoms with E-state index in [2.05, 4.69) is 20.9 Å². The molecule has 1 atom stereocenters. The maximum Gasteiger partial charge on any atom is 0.255 e. The third kappa shape index (κ3) is 7.83. The van der Waals surface area contributed by atoms with Crippen molar-refractivity contribution in [2.75, 3.05) is 18.4 Å². The van der Waals surface area contributed by atoms with Crippen molar-refractivity contribution in [3.8, 4) is 0 Å². The number of halogens is 4. The number of aliphatic hydroxyl groups is 1. The van der Waals surface area contributed by atoms with Crippen molar-refractivity contribution in [3.05, 3.63) is 34.9 Å². The predicted octanol–water partition coefficient (Wildman–Crippen LogP) is 2.33. The molecule has 0 aliphatic carbocycles. The van der Waals surface area contributed by atoms with Gasteiger partial charge in [-0.3, -0.25) is 4.79 Å². The van der Waals surface area contributed by atoms with E-state index >= 15 is 0 Å². The van der Waals surface area contributed by atoms with Gasteiger partial charge in [0.2, 0.25) is 0 Å². The number of hydrogen-bond acceptors (Lipinski definition) is 6. The molecule has 0 radical (unpaired) electrons. The maximum absolute atomic E-state index is 13.8. The standard InChI is InChI=1S/C16H21ClF3N5O2/c1-16(2,27)12(18)7-24-15(26)10-6-23-13(17)3-11(10)25-9(4-21)5-22-8-14(19)20/h3-6,12,14,21-22,27H,7-8H2,1-2H3,(H,23,25)(H,24,26)/b9-5+,21-4?. The highest BCUT2D eigenvalue weighted by Crippen LogP contribution is 2.20. The molecule has 0 bridgehead atoms. The molecule has 0 aliphatic rings. The Balaban J connectivity index is 2.93.